The van der Waals surface area contributed by atoms with Gasteiger partial charge in [0.1, 0.15) is 0 Å². The molecule has 182 valence electrons. The monoisotopic (exact) mass is 451 g/mol. The zero-order valence-corrected chi connectivity index (χ0v) is 21.3. The Morgan fingerprint density at radius 3 is 2.82 bits per heavy atom. The number of carbonyl (C=O) groups excluding carboxylic acids is 1. The van der Waals surface area contributed by atoms with Gasteiger partial charge < -0.3 is 4.90 Å². The zero-order chi connectivity index (χ0) is 22.5. The maximum absolute atomic E-state index is 12.9. The van der Waals surface area contributed by atoms with Gasteiger partial charge in [0.25, 0.3) is 0 Å². The molecule has 0 radical (unpaired) electrons. The summed E-state index contributed by atoms with van der Waals surface area (Å²) in [5.41, 5.74) is 1.95. The molecule has 1 amide bonds. The van der Waals surface area contributed by atoms with E-state index < -0.39 is 0 Å². The van der Waals surface area contributed by atoms with Gasteiger partial charge in [-0.3, -0.25) is 14.7 Å². The first-order valence-electron chi connectivity index (χ1n) is 14.5. The molecule has 0 N–H and O–H groups in total. The van der Waals surface area contributed by atoms with E-state index in [-0.39, 0.29) is 11.0 Å². The molecule has 3 aliphatic carbocycles. The lowest BCUT2D eigenvalue weighted by molar-refractivity contribution is -0.145. The Labute approximate surface area is 200 Å². The third kappa shape index (κ3) is 2.74. The largest absolute Gasteiger partial charge is 0.336 e. The molecule has 7 aliphatic rings. The minimum atomic E-state index is 0.116. The van der Waals surface area contributed by atoms with Gasteiger partial charge in [0.15, 0.2) is 0 Å². The molecule has 0 aromatic heterocycles. The summed E-state index contributed by atoms with van der Waals surface area (Å²) in [6, 6.07) is 2.13. The van der Waals surface area contributed by atoms with E-state index in [1.165, 1.54) is 83.6 Å². The molecule has 10 atom stereocenters. The molecule has 0 aromatic rings. The summed E-state index contributed by atoms with van der Waals surface area (Å²) in [6.45, 7) is 9.15. The van der Waals surface area contributed by atoms with E-state index in [0.717, 1.165) is 42.3 Å². The first-order chi connectivity index (χ1) is 15.9. The Kier molecular flexibility index (Phi) is 4.74. The van der Waals surface area contributed by atoms with Gasteiger partial charge in [-0.15, -0.1) is 0 Å². The van der Waals surface area contributed by atoms with Crippen LogP contribution in [0.4, 0.5) is 0 Å². The predicted octanol–water partition coefficient (Wildman–Crippen LogP) is 5.31. The third-order valence-electron chi connectivity index (χ3n) is 12.0. The lowest BCUT2D eigenvalue weighted by Gasteiger charge is -2.62. The molecule has 3 saturated carbocycles. The lowest BCUT2D eigenvalue weighted by Crippen LogP contribution is -2.68. The van der Waals surface area contributed by atoms with Gasteiger partial charge >= 0.3 is 0 Å². The number of rotatable bonds is 2. The van der Waals surface area contributed by atoms with Crippen molar-refractivity contribution in [2.75, 3.05) is 13.1 Å². The van der Waals surface area contributed by atoms with Crippen molar-refractivity contribution in [3.63, 3.8) is 0 Å². The maximum Gasteiger partial charge on any atom is 0.219 e. The number of piperidine rings is 3. The molecule has 3 saturated heterocycles. The van der Waals surface area contributed by atoms with Crippen molar-refractivity contribution in [3.8, 4) is 0 Å². The molecule has 6 fully saturated rings. The molecule has 4 aliphatic heterocycles. The van der Waals surface area contributed by atoms with E-state index in [2.05, 4.69) is 23.6 Å². The SMILES string of the molecule is CC(=O)N1CC2CC3C4CC5=NC(CC6CC(C)CC7CCCCN76)CCC52C31CC(C)C4. The van der Waals surface area contributed by atoms with Gasteiger partial charge in [-0.05, 0) is 107 Å². The Morgan fingerprint density at radius 1 is 1.09 bits per heavy atom. The maximum atomic E-state index is 12.9. The van der Waals surface area contributed by atoms with E-state index >= 15 is 0 Å². The van der Waals surface area contributed by atoms with E-state index in [1.54, 1.807) is 5.71 Å². The Bertz CT molecular complexity index is 869. The Morgan fingerprint density at radius 2 is 1.97 bits per heavy atom. The normalized spacial score (nSPS) is 52.8. The zero-order valence-electron chi connectivity index (χ0n) is 21.3. The summed E-state index contributed by atoms with van der Waals surface area (Å²) < 4.78 is 0. The first-order valence-corrected chi connectivity index (χ1v) is 14.5. The quantitative estimate of drug-likeness (QED) is 0.571. The minimum absolute atomic E-state index is 0.116. The highest BCUT2D eigenvalue weighted by Gasteiger charge is 2.78. The molecule has 0 aromatic carbocycles. The molecule has 10 unspecified atom stereocenters. The predicted molar refractivity (Wildman–Crippen MR) is 132 cm³/mol. The van der Waals surface area contributed by atoms with Crippen LogP contribution in [0.5, 0.6) is 0 Å². The van der Waals surface area contributed by atoms with Crippen LogP contribution in [-0.2, 0) is 4.79 Å². The second-order valence-electron chi connectivity index (χ2n) is 13.7. The van der Waals surface area contributed by atoms with Crippen LogP contribution in [0.2, 0.25) is 0 Å². The fourth-order valence-electron chi connectivity index (χ4n) is 11.4. The second kappa shape index (κ2) is 7.31. The average molecular weight is 452 g/mol. The summed E-state index contributed by atoms with van der Waals surface area (Å²) in [5, 5.41) is 0. The highest BCUT2D eigenvalue weighted by molar-refractivity contribution is 5.96. The molecule has 7 rings (SSSR count). The van der Waals surface area contributed by atoms with E-state index in [9.17, 15) is 4.79 Å². The standard InChI is InChI=1S/C29H45N3O/c1-18-11-24-6-4-5-9-31(24)25(12-18)15-23-7-8-28-22-14-26-21(13-27(28)30-23)10-19(2)16-29(26,28)32(17-22)20(3)33/h18-19,21-26H,4-17H2,1-3H3. The van der Waals surface area contributed by atoms with Gasteiger partial charge in [-0.25, -0.2) is 0 Å². The lowest BCUT2D eigenvalue weighted by atomic mass is 9.48. The molecule has 4 nitrogen and oxygen atoms in total. The van der Waals surface area contributed by atoms with Crippen LogP contribution in [0.15, 0.2) is 4.99 Å². The van der Waals surface area contributed by atoms with Gasteiger partial charge in [0.2, 0.25) is 5.91 Å². The van der Waals surface area contributed by atoms with Crippen molar-refractivity contribution < 1.29 is 4.79 Å². The van der Waals surface area contributed by atoms with Crippen LogP contribution in [0.25, 0.3) is 0 Å². The molecule has 2 spiro atoms. The summed E-state index contributed by atoms with van der Waals surface area (Å²) in [7, 11) is 0. The highest BCUT2D eigenvalue weighted by Crippen LogP contribution is 2.74. The van der Waals surface area contributed by atoms with Gasteiger partial charge in [0.05, 0.1) is 11.6 Å². The molecular weight excluding hydrogens is 406 g/mol. The van der Waals surface area contributed by atoms with Crippen LogP contribution < -0.4 is 0 Å². The summed E-state index contributed by atoms with van der Waals surface area (Å²) in [4.78, 5) is 23.9. The topological polar surface area (TPSA) is 35.9 Å². The Balaban J connectivity index is 1.21. The minimum Gasteiger partial charge on any atom is -0.336 e. The number of likely N-dealkylation sites (tertiary alicyclic amines) is 1. The van der Waals surface area contributed by atoms with Gasteiger partial charge in [0, 0.05) is 36.7 Å². The van der Waals surface area contributed by atoms with Crippen molar-refractivity contribution >= 4 is 11.6 Å². The summed E-state index contributed by atoms with van der Waals surface area (Å²) >= 11 is 0. The molecule has 33 heavy (non-hydrogen) atoms. The van der Waals surface area contributed by atoms with E-state index in [1.807, 2.05) is 6.92 Å². The number of fused-ring (bicyclic) bond motifs is 1. The molecule has 5 bridgehead atoms. The van der Waals surface area contributed by atoms with Crippen LogP contribution in [-0.4, -0.2) is 58.2 Å². The van der Waals surface area contributed by atoms with Crippen molar-refractivity contribution in [1.82, 2.24) is 9.80 Å². The van der Waals surface area contributed by atoms with Crippen molar-refractivity contribution in [3.05, 3.63) is 0 Å². The van der Waals surface area contributed by atoms with Crippen LogP contribution in [0.3, 0.4) is 0 Å². The fourth-order valence-corrected chi connectivity index (χ4v) is 11.4. The third-order valence-corrected chi connectivity index (χ3v) is 12.0. The highest BCUT2D eigenvalue weighted by atomic mass is 16.2. The first kappa shape index (κ1) is 21.4. The number of hydrogen-bond acceptors (Lipinski definition) is 3. The van der Waals surface area contributed by atoms with Crippen LogP contribution in [0.1, 0.15) is 97.8 Å². The van der Waals surface area contributed by atoms with Gasteiger partial charge in [-0.1, -0.05) is 20.3 Å². The van der Waals surface area contributed by atoms with E-state index in [0.29, 0.717) is 17.9 Å². The number of hydrogen-bond donors (Lipinski definition) is 0. The van der Waals surface area contributed by atoms with Crippen molar-refractivity contribution in [1.29, 1.82) is 0 Å². The summed E-state index contributed by atoms with van der Waals surface area (Å²) in [5.74, 6) is 4.17. The number of carbonyl (C=O) groups is 1. The number of aliphatic imine (C=N–C) groups is 1. The smallest absolute Gasteiger partial charge is 0.219 e. The van der Waals surface area contributed by atoms with Crippen LogP contribution in [0, 0.1) is 35.0 Å². The Hall–Kier alpha value is -0.900. The van der Waals surface area contributed by atoms with E-state index in [4.69, 9.17) is 4.99 Å². The molecular formula is C29H45N3O. The number of amides is 1. The van der Waals surface area contributed by atoms with Crippen LogP contribution >= 0.6 is 0 Å². The fraction of sp³-hybridized carbons (Fsp3) is 0.931. The second-order valence-corrected chi connectivity index (χ2v) is 13.7. The summed E-state index contributed by atoms with van der Waals surface area (Å²) in [6.07, 6.45) is 16.2. The van der Waals surface area contributed by atoms with Crippen molar-refractivity contribution in [2.24, 2.45) is 40.0 Å². The molecule has 4 heterocycles. The molecule has 4 heteroatoms. The average Bonchev–Trinajstić information content (AvgIpc) is 3.13. The van der Waals surface area contributed by atoms with Crippen molar-refractivity contribution in [2.45, 2.75) is 121 Å². The number of nitrogens with zero attached hydrogens (tertiary/aromatic N) is 3. The van der Waals surface area contributed by atoms with Gasteiger partial charge in [-0.2, -0.15) is 0 Å².